The molecule has 0 radical (unpaired) electrons. The van der Waals surface area contributed by atoms with Crippen LogP contribution in [-0.2, 0) is 0 Å². The Bertz CT molecular complexity index is 912. The molecule has 1 aromatic heterocycles. The van der Waals surface area contributed by atoms with E-state index in [1.54, 1.807) is 6.33 Å². The largest absolute Gasteiger partial charge is 0.380 e. The molecular weight excluding hydrogens is 344 g/mol. The van der Waals surface area contributed by atoms with E-state index in [1.807, 2.05) is 18.3 Å². The van der Waals surface area contributed by atoms with Crippen LogP contribution in [0.5, 0.6) is 0 Å². The average molecular weight is 367 g/mol. The molecule has 0 spiro atoms. The lowest BCUT2D eigenvalue weighted by atomic mass is 9.97. The van der Waals surface area contributed by atoms with Crippen LogP contribution in [-0.4, -0.2) is 41.0 Å². The molecule has 3 aromatic rings. The summed E-state index contributed by atoms with van der Waals surface area (Å²) >= 11 is 6.52. The Balaban J connectivity index is 1.79. The number of rotatable bonds is 3. The molecule has 0 atom stereocenters. The van der Waals surface area contributed by atoms with E-state index in [0.29, 0.717) is 6.04 Å². The van der Waals surface area contributed by atoms with Crippen molar-refractivity contribution in [1.29, 1.82) is 0 Å². The summed E-state index contributed by atoms with van der Waals surface area (Å²) in [5.74, 6) is 0. The molecule has 2 heterocycles. The predicted octanol–water partition coefficient (Wildman–Crippen LogP) is 4.76. The van der Waals surface area contributed by atoms with Gasteiger partial charge < -0.3 is 10.2 Å². The highest BCUT2D eigenvalue weighted by atomic mass is 35.5. The van der Waals surface area contributed by atoms with E-state index in [-0.39, 0.29) is 0 Å². The van der Waals surface area contributed by atoms with E-state index in [1.165, 1.54) is 5.56 Å². The van der Waals surface area contributed by atoms with Gasteiger partial charge in [0.1, 0.15) is 6.33 Å². The fraction of sp³-hybridized carbons (Fsp3) is 0.333. The topological polar surface area (TPSA) is 41.0 Å². The molecule has 1 fully saturated rings. The summed E-state index contributed by atoms with van der Waals surface area (Å²) in [6.45, 7) is 4.33. The van der Waals surface area contributed by atoms with Crippen LogP contribution in [0.2, 0.25) is 5.02 Å². The summed E-state index contributed by atoms with van der Waals surface area (Å²) in [6.07, 6.45) is 5.76. The molecule has 1 N–H and O–H groups in total. The normalized spacial score (nSPS) is 16.1. The van der Waals surface area contributed by atoms with Crippen LogP contribution in [0.4, 0.5) is 5.69 Å². The van der Waals surface area contributed by atoms with Gasteiger partial charge in [0, 0.05) is 28.2 Å². The van der Waals surface area contributed by atoms with Crippen LogP contribution < -0.4 is 5.32 Å². The molecule has 0 aliphatic carbocycles. The van der Waals surface area contributed by atoms with Gasteiger partial charge in [-0.1, -0.05) is 23.7 Å². The molecule has 5 heteroatoms. The van der Waals surface area contributed by atoms with Gasteiger partial charge in [-0.05, 0) is 69.2 Å². The standard InChI is InChI=1S/C21H23ClN4/c1-14-4-3-5-18(22)20(14)15-10-16-12-23-13-24-21(16)19(11-15)25-17-6-8-26(2)9-7-17/h3-5,10-13,17,25H,6-9H2,1-2H3. The van der Waals surface area contributed by atoms with Crippen LogP contribution in [0.25, 0.3) is 22.0 Å². The van der Waals surface area contributed by atoms with E-state index in [2.05, 4.69) is 52.4 Å². The Kier molecular flexibility index (Phi) is 4.79. The van der Waals surface area contributed by atoms with Crippen molar-refractivity contribution in [2.75, 3.05) is 25.5 Å². The second kappa shape index (κ2) is 7.22. The highest BCUT2D eigenvalue weighted by Crippen LogP contribution is 2.36. The van der Waals surface area contributed by atoms with E-state index in [9.17, 15) is 0 Å². The van der Waals surface area contributed by atoms with Gasteiger partial charge in [0.15, 0.2) is 0 Å². The molecule has 1 saturated heterocycles. The Morgan fingerprint density at radius 2 is 2.00 bits per heavy atom. The summed E-state index contributed by atoms with van der Waals surface area (Å²) in [4.78, 5) is 11.1. The number of nitrogens with one attached hydrogen (secondary N) is 1. The Labute approximate surface area is 159 Å². The smallest absolute Gasteiger partial charge is 0.116 e. The second-order valence-electron chi connectivity index (χ2n) is 7.14. The summed E-state index contributed by atoms with van der Waals surface area (Å²) in [6, 6.07) is 10.8. The van der Waals surface area contributed by atoms with Gasteiger partial charge in [-0.3, -0.25) is 0 Å². The number of anilines is 1. The van der Waals surface area contributed by atoms with Gasteiger partial charge in [0.05, 0.1) is 11.2 Å². The van der Waals surface area contributed by atoms with E-state index in [4.69, 9.17) is 11.6 Å². The third-order valence-electron chi connectivity index (χ3n) is 5.20. The maximum absolute atomic E-state index is 6.52. The van der Waals surface area contributed by atoms with Crippen LogP contribution >= 0.6 is 11.6 Å². The Morgan fingerprint density at radius 3 is 2.77 bits per heavy atom. The number of hydrogen-bond donors (Lipinski definition) is 1. The maximum atomic E-state index is 6.52. The second-order valence-corrected chi connectivity index (χ2v) is 7.55. The molecule has 26 heavy (non-hydrogen) atoms. The first-order chi connectivity index (χ1) is 12.6. The van der Waals surface area contributed by atoms with E-state index in [0.717, 1.165) is 58.7 Å². The lowest BCUT2D eigenvalue weighted by Crippen LogP contribution is -2.36. The van der Waals surface area contributed by atoms with Crippen LogP contribution in [0, 0.1) is 6.92 Å². The number of aryl methyl sites for hydroxylation is 1. The fourth-order valence-corrected chi connectivity index (χ4v) is 4.06. The number of fused-ring (bicyclic) bond motifs is 1. The van der Waals surface area contributed by atoms with Crippen molar-refractivity contribution in [3.05, 3.63) is 53.4 Å². The zero-order valence-electron chi connectivity index (χ0n) is 15.2. The van der Waals surface area contributed by atoms with Crippen molar-refractivity contribution in [2.45, 2.75) is 25.8 Å². The minimum absolute atomic E-state index is 0.465. The van der Waals surface area contributed by atoms with Crippen LogP contribution in [0.1, 0.15) is 18.4 Å². The van der Waals surface area contributed by atoms with Crippen LogP contribution in [0.15, 0.2) is 42.9 Å². The number of benzene rings is 2. The number of likely N-dealkylation sites (tertiary alicyclic amines) is 1. The van der Waals surface area contributed by atoms with Crippen LogP contribution in [0.3, 0.4) is 0 Å². The van der Waals surface area contributed by atoms with Crippen molar-refractivity contribution < 1.29 is 0 Å². The number of hydrogen-bond acceptors (Lipinski definition) is 4. The predicted molar refractivity (Wildman–Crippen MR) is 109 cm³/mol. The van der Waals surface area contributed by atoms with E-state index < -0.39 is 0 Å². The maximum Gasteiger partial charge on any atom is 0.116 e. The van der Waals surface area contributed by atoms with Crippen molar-refractivity contribution in [2.24, 2.45) is 0 Å². The number of aromatic nitrogens is 2. The summed E-state index contributed by atoms with van der Waals surface area (Å²) in [5, 5.41) is 5.53. The van der Waals surface area contributed by atoms with Crippen molar-refractivity contribution in [3.8, 4) is 11.1 Å². The first-order valence-electron chi connectivity index (χ1n) is 9.06. The lowest BCUT2D eigenvalue weighted by molar-refractivity contribution is 0.264. The Hall–Kier alpha value is -2.17. The quantitative estimate of drug-likeness (QED) is 0.725. The first kappa shape index (κ1) is 17.3. The minimum atomic E-state index is 0.465. The van der Waals surface area contributed by atoms with Gasteiger partial charge in [-0.2, -0.15) is 0 Å². The minimum Gasteiger partial charge on any atom is -0.380 e. The van der Waals surface area contributed by atoms with Crippen molar-refractivity contribution >= 4 is 28.2 Å². The molecule has 0 saturated carbocycles. The molecular formula is C21H23ClN4. The fourth-order valence-electron chi connectivity index (χ4n) is 3.73. The monoisotopic (exact) mass is 366 g/mol. The lowest BCUT2D eigenvalue weighted by Gasteiger charge is -2.30. The summed E-state index contributed by atoms with van der Waals surface area (Å²) in [7, 11) is 2.18. The highest BCUT2D eigenvalue weighted by Gasteiger charge is 2.18. The third-order valence-corrected chi connectivity index (χ3v) is 5.51. The molecule has 0 amide bonds. The van der Waals surface area contributed by atoms with Gasteiger partial charge in [-0.25, -0.2) is 9.97 Å². The van der Waals surface area contributed by atoms with Gasteiger partial charge in [-0.15, -0.1) is 0 Å². The molecule has 134 valence electrons. The highest BCUT2D eigenvalue weighted by molar-refractivity contribution is 6.33. The number of piperidine rings is 1. The zero-order valence-corrected chi connectivity index (χ0v) is 15.9. The molecule has 1 aliphatic heterocycles. The molecule has 4 nitrogen and oxygen atoms in total. The van der Waals surface area contributed by atoms with Gasteiger partial charge >= 0.3 is 0 Å². The summed E-state index contributed by atoms with van der Waals surface area (Å²) in [5.41, 5.74) is 5.37. The third kappa shape index (κ3) is 3.39. The zero-order chi connectivity index (χ0) is 18.1. The Morgan fingerprint density at radius 1 is 1.19 bits per heavy atom. The molecule has 1 aliphatic rings. The van der Waals surface area contributed by atoms with Crippen molar-refractivity contribution in [3.63, 3.8) is 0 Å². The molecule has 4 rings (SSSR count). The molecule has 0 bridgehead atoms. The van der Waals surface area contributed by atoms with E-state index >= 15 is 0 Å². The number of halogens is 1. The molecule has 2 aromatic carbocycles. The SMILES string of the molecule is Cc1cccc(Cl)c1-c1cc(NC2CCN(C)CC2)c2ncncc2c1. The number of nitrogens with zero attached hydrogens (tertiary/aromatic N) is 3. The van der Waals surface area contributed by atoms with Gasteiger partial charge in [0.25, 0.3) is 0 Å². The average Bonchev–Trinajstić information content (AvgIpc) is 2.63. The molecule has 0 unspecified atom stereocenters. The van der Waals surface area contributed by atoms with Crippen molar-refractivity contribution in [1.82, 2.24) is 14.9 Å². The first-order valence-corrected chi connectivity index (χ1v) is 9.44. The summed E-state index contributed by atoms with van der Waals surface area (Å²) < 4.78 is 0. The van der Waals surface area contributed by atoms with Gasteiger partial charge in [0.2, 0.25) is 0 Å².